The first-order chi connectivity index (χ1) is 15.3. The molecule has 2 aromatic carbocycles. The monoisotopic (exact) mass is 460 g/mol. The number of para-hydroxylation sites is 2. The van der Waals surface area contributed by atoms with Crippen molar-refractivity contribution in [3.63, 3.8) is 0 Å². The van der Waals surface area contributed by atoms with Gasteiger partial charge in [-0.3, -0.25) is 4.79 Å². The average molecular weight is 461 g/mol. The zero-order valence-electron chi connectivity index (χ0n) is 18.4. The number of carbonyl (C=O) groups is 1. The fourth-order valence-electron chi connectivity index (χ4n) is 3.14. The molecule has 0 bridgehead atoms. The third-order valence-corrected chi connectivity index (χ3v) is 6.08. The predicted octanol–water partition coefficient (Wildman–Crippen LogP) is 5.79. The van der Waals surface area contributed by atoms with Crippen LogP contribution in [0, 0.1) is 11.6 Å². The Labute approximate surface area is 190 Å². The Morgan fingerprint density at radius 2 is 1.72 bits per heavy atom. The van der Waals surface area contributed by atoms with Gasteiger partial charge in [0.2, 0.25) is 5.91 Å². The van der Waals surface area contributed by atoms with Crippen molar-refractivity contribution < 1.29 is 18.3 Å². The van der Waals surface area contributed by atoms with Gasteiger partial charge in [0, 0.05) is 6.04 Å². The molecule has 32 heavy (non-hydrogen) atoms. The van der Waals surface area contributed by atoms with Gasteiger partial charge < -0.3 is 14.6 Å². The first-order valence-electron chi connectivity index (χ1n) is 10.4. The van der Waals surface area contributed by atoms with E-state index >= 15 is 0 Å². The molecule has 2 unspecified atom stereocenters. The van der Waals surface area contributed by atoms with E-state index in [1.54, 1.807) is 37.3 Å². The molecule has 0 radical (unpaired) electrons. The molecule has 3 rings (SSSR count). The van der Waals surface area contributed by atoms with Gasteiger partial charge in [-0.05, 0) is 51.5 Å². The number of hydrogen-bond donors (Lipinski definition) is 1. The number of ether oxygens (including phenoxy) is 1. The van der Waals surface area contributed by atoms with Crippen LogP contribution in [0.15, 0.2) is 53.7 Å². The second-order valence-corrected chi connectivity index (χ2v) is 8.65. The lowest BCUT2D eigenvalue weighted by Crippen LogP contribution is -2.25. The van der Waals surface area contributed by atoms with Crippen LogP contribution in [0.2, 0.25) is 0 Å². The number of hydrogen-bond acceptors (Lipinski definition) is 5. The smallest absolute Gasteiger partial charge is 0.238 e. The first-order valence-corrected chi connectivity index (χ1v) is 11.3. The Morgan fingerprint density at radius 3 is 2.34 bits per heavy atom. The first kappa shape index (κ1) is 23.7. The molecule has 1 amide bonds. The molecule has 170 valence electrons. The largest absolute Gasteiger partial charge is 0.480 e. The number of nitrogens with one attached hydrogen (secondary N) is 1. The van der Waals surface area contributed by atoms with E-state index in [9.17, 15) is 13.6 Å². The van der Waals surface area contributed by atoms with Gasteiger partial charge in [-0.1, -0.05) is 43.0 Å². The lowest BCUT2D eigenvalue weighted by Gasteiger charge is -2.20. The summed E-state index contributed by atoms with van der Waals surface area (Å²) in [7, 11) is 0. The van der Waals surface area contributed by atoms with Crippen molar-refractivity contribution in [1.29, 1.82) is 0 Å². The molecular weight excluding hydrogens is 434 g/mol. The van der Waals surface area contributed by atoms with Crippen molar-refractivity contribution in [2.75, 3.05) is 5.32 Å². The molecule has 1 aromatic heterocycles. The Hall–Kier alpha value is -2.94. The summed E-state index contributed by atoms with van der Waals surface area (Å²) in [6.07, 6.45) is -0.0598. The van der Waals surface area contributed by atoms with Crippen LogP contribution in [0.1, 0.15) is 52.1 Å². The molecule has 9 heteroatoms. The SMILES string of the molecule is CCC(Sc1nnc(C(C)Oc2ccccc2F)n1C(C)C)C(=O)Nc1ccccc1F. The highest BCUT2D eigenvalue weighted by Gasteiger charge is 2.27. The Bertz CT molecular complexity index is 1070. The molecule has 0 spiro atoms. The lowest BCUT2D eigenvalue weighted by atomic mass is 10.2. The van der Waals surface area contributed by atoms with E-state index in [0.29, 0.717) is 17.4 Å². The van der Waals surface area contributed by atoms with Crippen LogP contribution in [-0.4, -0.2) is 25.9 Å². The number of thioether (sulfide) groups is 1. The van der Waals surface area contributed by atoms with E-state index in [1.807, 2.05) is 25.3 Å². The van der Waals surface area contributed by atoms with E-state index in [1.165, 1.54) is 30.0 Å². The van der Waals surface area contributed by atoms with Crippen molar-refractivity contribution in [3.8, 4) is 5.75 Å². The number of benzene rings is 2. The number of carbonyl (C=O) groups excluding carboxylic acids is 1. The van der Waals surface area contributed by atoms with Gasteiger partial charge in [0.1, 0.15) is 5.82 Å². The normalized spacial score (nSPS) is 13.1. The zero-order chi connectivity index (χ0) is 23.3. The topological polar surface area (TPSA) is 69.0 Å². The Morgan fingerprint density at radius 1 is 1.06 bits per heavy atom. The maximum atomic E-state index is 14.0. The zero-order valence-corrected chi connectivity index (χ0v) is 19.2. The summed E-state index contributed by atoms with van der Waals surface area (Å²) >= 11 is 1.25. The minimum Gasteiger partial charge on any atom is -0.480 e. The second kappa shape index (κ2) is 10.6. The summed E-state index contributed by atoms with van der Waals surface area (Å²) in [6, 6.07) is 12.2. The molecule has 1 heterocycles. The van der Waals surface area contributed by atoms with Crippen LogP contribution in [0.25, 0.3) is 0 Å². The van der Waals surface area contributed by atoms with Crippen LogP contribution in [0.4, 0.5) is 14.5 Å². The van der Waals surface area contributed by atoms with Crippen LogP contribution >= 0.6 is 11.8 Å². The fraction of sp³-hybridized carbons (Fsp3) is 0.348. The number of aromatic nitrogens is 3. The van der Waals surface area contributed by atoms with Crippen molar-refractivity contribution in [2.24, 2.45) is 0 Å². The van der Waals surface area contributed by atoms with Gasteiger partial charge in [-0.2, -0.15) is 0 Å². The Balaban J connectivity index is 1.80. The molecule has 0 aliphatic carbocycles. The highest BCUT2D eigenvalue weighted by molar-refractivity contribution is 8.00. The highest BCUT2D eigenvalue weighted by Crippen LogP contribution is 2.31. The molecule has 2 atom stereocenters. The van der Waals surface area contributed by atoms with E-state index < -0.39 is 23.0 Å². The third-order valence-electron chi connectivity index (χ3n) is 4.75. The average Bonchev–Trinajstić information content (AvgIpc) is 3.19. The highest BCUT2D eigenvalue weighted by atomic mass is 32.2. The minimum absolute atomic E-state index is 0.0266. The van der Waals surface area contributed by atoms with Crippen molar-refractivity contribution >= 4 is 23.4 Å². The number of rotatable bonds is 9. The van der Waals surface area contributed by atoms with Crippen LogP contribution in [-0.2, 0) is 4.79 Å². The molecule has 0 saturated heterocycles. The number of halogens is 2. The minimum atomic E-state index is -0.566. The maximum Gasteiger partial charge on any atom is 0.238 e. The van der Waals surface area contributed by atoms with Gasteiger partial charge in [-0.15, -0.1) is 10.2 Å². The Kier molecular flexibility index (Phi) is 7.84. The van der Waals surface area contributed by atoms with E-state index in [0.717, 1.165) is 0 Å². The van der Waals surface area contributed by atoms with Gasteiger partial charge in [-0.25, -0.2) is 8.78 Å². The molecule has 0 aliphatic rings. The van der Waals surface area contributed by atoms with Gasteiger partial charge in [0.15, 0.2) is 28.7 Å². The standard InChI is InChI=1S/C23H26F2N4O2S/c1-5-20(22(30)26-18-12-8-6-10-16(18)24)32-23-28-27-21(29(23)14(2)3)15(4)31-19-13-9-7-11-17(19)25/h6-15,20H,5H2,1-4H3,(H,26,30). The number of nitrogens with zero attached hydrogens (tertiary/aromatic N) is 3. The van der Waals surface area contributed by atoms with Crippen LogP contribution < -0.4 is 10.1 Å². The van der Waals surface area contributed by atoms with Crippen molar-refractivity contribution in [1.82, 2.24) is 14.8 Å². The summed E-state index contributed by atoms with van der Waals surface area (Å²) in [5.41, 5.74) is 0.134. The molecule has 0 aliphatic heterocycles. The van der Waals surface area contributed by atoms with Gasteiger partial charge in [0.05, 0.1) is 10.9 Å². The fourth-order valence-corrected chi connectivity index (χ4v) is 4.23. The molecule has 1 N–H and O–H groups in total. The number of amides is 1. The van der Waals surface area contributed by atoms with Crippen molar-refractivity contribution in [3.05, 3.63) is 66.0 Å². The summed E-state index contributed by atoms with van der Waals surface area (Å²) in [6.45, 7) is 7.58. The molecule has 6 nitrogen and oxygen atoms in total. The van der Waals surface area contributed by atoms with Crippen molar-refractivity contribution in [2.45, 2.75) is 56.7 Å². The van der Waals surface area contributed by atoms with Crippen LogP contribution in [0.5, 0.6) is 5.75 Å². The van der Waals surface area contributed by atoms with E-state index in [-0.39, 0.29) is 23.4 Å². The van der Waals surface area contributed by atoms with Gasteiger partial charge >= 0.3 is 0 Å². The van der Waals surface area contributed by atoms with E-state index in [4.69, 9.17) is 4.74 Å². The molecule has 3 aromatic rings. The van der Waals surface area contributed by atoms with E-state index in [2.05, 4.69) is 15.5 Å². The third kappa shape index (κ3) is 5.45. The molecular formula is C23H26F2N4O2S. The molecule has 0 fully saturated rings. The number of anilines is 1. The summed E-state index contributed by atoms with van der Waals surface area (Å²) in [5.74, 6) is -0.621. The lowest BCUT2D eigenvalue weighted by molar-refractivity contribution is -0.115. The van der Waals surface area contributed by atoms with Gasteiger partial charge in [0.25, 0.3) is 0 Å². The second-order valence-electron chi connectivity index (χ2n) is 7.48. The predicted molar refractivity (Wildman–Crippen MR) is 121 cm³/mol. The molecule has 0 saturated carbocycles. The summed E-state index contributed by atoms with van der Waals surface area (Å²) in [4.78, 5) is 12.8. The summed E-state index contributed by atoms with van der Waals surface area (Å²) < 4.78 is 35.6. The summed E-state index contributed by atoms with van der Waals surface area (Å²) in [5, 5.41) is 11.2. The maximum absolute atomic E-state index is 14.0. The quantitative estimate of drug-likeness (QED) is 0.410. The van der Waals surface area contributed by atoms with Crippen LogP contribution in [0.3, 0.4) is 0 Å².